The fourth-order valence-electron chi connectivity index (χ4n) is 5.08. The van der Waals surface area contributed by atoms with Crippen molar-refractivity contribution in [1.29, 1.82) is 0 Å². The smallest absolute Gasteiger partial charge is 0.225 e. The van der Waals surface area contributed by atoms with Crippen molar-refractivity contribution in [2.24, 2.45) is 5.92 Å². The van der Waals surface area contributed by atoms with E-state index in [9.17, 15) is 18.8 Å². The molecule has 2 amide bonds. The average molecular weight is 527 g/mol. The summed E-state index contributed by atoms with van der Waals surface area (Å²) >= 11 is 0. The van der Waals surface area contributed by atoms with Gasteiger partial charge in [0.25, 0.3) is 0 Å². The number of H-pyrrole nitrogens is 1. The lowest BCUT2D eigenvalue weighted by Crippen LogP contribution is -2.49. The molecule has 2 heterocycles. The minimum Gasteiger partial charge on any atom is -0.346 e. The van der Waals surface area contributed by atoms with Crippen molar-refractivity contribution < 1.29 is 18.8 Å². The van der Waals surface area contributed by atoms with Crippen LogP contribution in [0.25, 0.3) is 11.3 Å². The number of benzene rings is 1. The third-order valence-corrected chi connectivity index (χ3v) is 7.45. The number of hydrogen-bond acceptors (Lipinski definition) is 4. The van der Waals surface area contributed by atoms with Crippen molar-refractivity contribution in [2.75, 3.05) is 6.54 Å². The number of aryl methyl sites for hydroxylation is 1. The van der Waals surface area contributed by atoms with Crippen molar-refractivity contribution in [3.63, 3.8) is 0 Å². The van der Waals surface area contributed by atoms with Gasteiger partial charge in [-0.1, -0.05) is 33.8 Å². The number of aromatic nitrogens is 2. The van der Waals surface area contributed by atoms with Gasteiger partial charge in [-0.15, -0.1) is 0 Å². The molecule has 0 spiro atoms. The largest absolute Gasteiger partial charge is 0.346 e. The predicted octanol–water partition coefficient (Wildman–Crippen LogP) is 5.69. The first-order valence-electron chi connectivity index (χ1n) is 14.0. The molecule has 208 valence electrons. The van der Waals surface area contributed by atoms with Crippen LogP contribution < -0.4 is 5.32 Å². The average Bonchev–Trinajstić information content (AvgIpc) is 3.37. The van der Waals surface area contributed by atoms with Crippen LogP contribution in [0.5, 0.6) is 0 Å². The van der Waals surface area contributed by atoms with Gasteiger partial charge < -0.3 is 15.2 Å². The summed E-state index contributed by atoms with van der Waals surface area (Å²) < 4.78 is 14.4. The van der Waals surface area contributed by atoms with Crippen LogP contribution in [0, 0.1) is 18.7 Å². The van der Waals surface area contributed by atoms with Crippen LogP contribution in [0.15, 0.2) is 24.4 Å². The van der Waals surface area contributed by atoms with Gasteiger partial charge in [-0.05, 0) is 62.6 Å². The highest BCUT2D eigenvalue weighted by Gasteiger charge is 2.31. The lowest BCUT2D eigenvalue weighted by molar-refractivity contribution is -0.138. The number of rotatable bonds is 12. The van der Waals surface area contributed by atoms with Crippen molar-refractivity contribution in [3.05, 3.63) is 41.6 Å². The van der Waals surface area contributed by atoms with E-state index in [1.807, 2.05) is 38.7 Å². The zero-order chi connectivity index (χ0) is 27.8. The maximum atomic E-state index is 14.4. The predicted molar refractivity (Wildman–Crippen MR) is 147 cm³/mol. The Bertz CT molecular complexity index is 1110. The third-order valence-electron chi connectivity index (χ3n) is 7.45. The normalized spacial score (nSPS) is 17.3. The van der Waals surface area contributed by atoms with Gasteiger partial charge in [-0.25, -0.2) is 9.37 Å². The molecule has 0 unspecified atom stereocenters. The SMILES string of the molecule is CC[C@H]1CCCCN1C(=O)C[C@H](NC(=O)CCC(C)C)C(=O)C[C@@H](C)c1ncc(-c2ccc(C)cc2F)[nH]1. The van der Waals surface area contributed by atoms with E-state index in [0.29, 0.717) is 42.4 Å². The number of likely N-dealkylation sites (tertiary alicyclic amines) is 1. The van der Waals surface area contributed by atoms with Crippen LogP contribution in [0.2, 0.25) is 0 Å². The Kier molecular flexibility index (Phi) is 10.6. The van der Waals surface area contributed by atoms with Gasteiger partial charge in [0, 0.05) is 36.9 Å². The zero-order valence-corrected chi connectivity index (χ0v) is 23.5. The van der Waals surface area contributed by atoms with E-state index in [4.69, 9.17) is 0 Å². The molecule has 1 aromatic heterocycles. The van der Waals surface area contributed by atoms with Gasteiger partial charge in [-0.3, -0.25) is 14.4 Å². The summed E-state index contributed by atoms with van der Waals surface area (Å²) in [4.78, 5) is 48.8. The van der Waals surface area contributed by atoms with Crippen molar-refractivity contribution in [2.45, 2.75) is 104 Å². The molecule has 1 aromatic carbocycles. The van der Waals surface area contributed by atoms with Crippen LogP contribution in [-0.2, 0) is 14.4 Å². The molecule has 7 nitrogen and oxygen atoms in total. The van der Waals surface area contributed by atoms with Gasteiger partial charge in [0.2, 0.25) is 11.8 Å². The topological polar surface area (TPSA) is 95.2 Å². The number of aromatic amines is 1. The Labute approximate surface area is 226 Å². The minimum absolute atomic E-state index is 0.0343. The van der Waals surface area contributed by atoms with Gasteiger partial charge >= 0.3 is 0 Å². The highest BCUT2D eigenvalue weighted by atomic mass is 19.1. The quantitative estimate of drug-likeness (QED) is 0.371. The molecule has 2 N–H and O–H groups in total. The maximum absolute atomic E-state index is 14.4. The van der Waals surface area contributed by atoms with Crippen LogP contribution in [0.4, 0.5) is 4.39 Å². The summed E-state index contributed by atoms with van der Waals surface area (Å²) in [6, 6.07) is 4.31. The third kappa shape index (κ3) is 7.98. The van der Waals surface area contributed by atoms with E-state index < -0.39 is 6.04 Å². The number of imidazole rings is 1. The number of Topliss-reactive ketones (excluding diaryl/α,β-unsaturated/α-hetero) is 1. The Morgan fingerprint density at radius 2 is 1.95 bits per heavy atom. The second-order valence-corrected chi connectivity index (χ2v) is 11.1. The van der Waals surface area contributed by atoms with E-state index in [1.165, 1.54) is 6.07 Å². The molecule has 1 fully saturated rings. The van der Waals surface area contributed by atoms with E-state index >= 15 is 0 Å². The molecule has 0 radical (unpaired) electrons. The summed E-state index contributed by atoms with van der Waals surface area (Å²) in [6.07, 6.45) is 6.58. The lowest BCUT2D eigenvalue weighted by atomic mass is 9.95. The molecule has 38 heavy (non-hydrogen) atoms. The molecule has 0 saturated carbocycles. The number of ketones is 1. The number of carbonyl (C=O) groups excluding carboxylic acids is 3. The monoisotopic (exact) mass is 526 g/mol. The van der Waals surface area contributed by atoms with E-state index in [-0.39, 0.29) is 48.2 Å². The summed E-state index contributed by atoms with van der Waals surface area (Å²) in [5, 5.41) is 2.86. The minimum atomic E-state index is -0.881. The molecule has 0 bridgehead atoms. The first kappa shape index (κ1) is 29.5. The Balaban J connectivity index is 1.72. The zero-order valence-electron chi connectivity index (χ0n) is 23.5. The molecule has 8 heteroatoms. The van der Waals surface area contributed by atoms with Crippen LogP contribution in [0.1, 0.15) is 96.4 Å². The lowest BCUT2D eigenvalue weighted by Gasteiger charge is -2.36. The Morgan fingerprint density at radius 3 is 2.63 bits per heavy atom. The standard InChI is InChI=1S/C30H43FN4O3/c1-6-22-9-7-8-14-35(22)29(38)17-25(33-28(37)13-10-19(2)3)27(36)16-21(5)30-32-18-26(34-30)23-12-11-20(4)15-24(23)31/h11-12,15,18-19,21-22,25H,6-10,13-14,16-17H2,1-5H3,(H,32,34)(H,33,37)/t21-,22+,25+/m1/s1. The van der Waals surface area contributed by atoms with Crippen molar-refractivity contribution >= 4 is 17.6 Å². The molecule has 1 aliphatic heterocycles. The summed E-state index contributed by atoms with van der Waals surface area (Å²) in [6.45, 7) is 10.6. The van der Waals surface area contributed by atoms with Gasteiger partial charge in [0.15, 0.2) is 5.78 Å². The van der Waals surface area contributed by atoms with Crippen molar-refractivity contribution in [3.8, 4) is 11.3 Å². The molecule has 3 rings (SSSR count). The summed E-state index contributed by atoms with van der Waals surface area (Å²) in [5.41, 5.74) is 1.79. The van der Waals surface area contributed by atoms with E-state index in [0.717, 1.165) is 31.2 Å². The first-order valence-corrected chi connectivity index (χ1v) is 14.0. The second kappa shape index (κ2) is 13.7. The highest BCUT2D eigenvalue weighted by molar-refractivity contribution is 5.93. The number of halogens is 1. The molecule has 2 aromatic rings. The van der Waals surface area contributed by atoms with E-state index in [1.54, 1.807) is 12.3 Å². The second-order valence-electron chi connectivity index (χ2n) is 11.1. The van der Waals surface area contributed by atoms with E-state index in [2.05, 4.69) is 22.2 Å². The molecular formula is C30H43FN4O3. The molecule has 0 aliphatic carbocycles. The highest BCUT2D eigenvalue weighted by Crippen LogP contribution is 2.26. The fraction of sp³-hybridized carbons (Fsp3) is 0.600. The molecule has 1 aliphatic rings. The van der Waals surface area contributed by atoms with Crippen LogP contribution in [0.3, 0.4) is 0 Å². The molecule has 1 saturated heterocycles. The number of amides is 2. The Hall–Kier alpha value is -3.03. The number of nitrogens with one attached hydrogen (secondary N) is 2. The number of hydrogen-bond donors (Lipinski definition) is 2. The van der Waals surface area contributed by atoms with Gasteiger partial charge in [-0.2, -0.15) is 0 Å². The van der Waals surface area contributed by atoms with Crippen LogP contribution >= 0.6 is 0 Å². The summed E-state index contributed by atoms with van der Waals surface area (Å²) in [5.74, 6) is -0.204. The Morgan fingerprint density at radius 1 is 1.18 bits per heavy atom. The van der Waals surface area contributed by atoms with Gasteiger partial charge in [0.05, 0.1) is 24.4 Å². The molecule has 3 atom stereocenters. The number of carbonyl (C=O) groups is 3. The summed E-state index contributed by atoms with van der Waals surface area (Å²) in [7, 11) is 0. The maximum Gasteiger partial charge on any atom is 0.225 e. The number of nitrogens with zero attached hydrogens (tertiary/aromatic N) is 2. The van der Waals surface area contributed by atoms with Crippen molar-refractivity contribution in [1.82, 2.24) is 20.2 Å². The number of piperidine rings is 1. The fourth-order valence-corrected chi connectivity index (χ4v) is 5.08. The molecular weight excluding hydrogens is 483 g/mol. The van der Waals surface area contributed by atoms with Gasteiger partial charge in [0.1, 0.15) is 11.6 Å². The first-order chi connectivity index (χ1) is 18.1. The van der Waals surface area contributed by atoms with Crippen LogP contribution in [-0.4, -0.2) is 51.1 Å².